The summed E-state index contributed by atoms with van der Waals surface area (Å²) in [7, 11) is 0. The SMILES string of the molecule is CC(OC(=O)C(NC(=O)c1cccs1)C(C)C)C(=O)c1ccc(Cl)cc1. The zero-order valence-corrected chi connectivity index (χ0v) is 16.3. The zero-order valence-electron chi connectivity index (χ0n) is 14.7. The van der Waals surface area contributed by atoms with Gasteiger partial charge in [0.1, 0.15) is 6.04 Å². The van der Waals surface area contributed by atoms with Crippen molar-refractivity contribution in [2.45, 2.75) is 32.9 Å². The predicted octanol–water partition coefficient (Wildman–Crippen LogP) is 3.97. The molecule has 2 atom stereocenters. The van der Waals surface area contributed by atoms with Gasteiger partial charge >= 0.3 is 5.97 Å². The van der Waals surface area contributed by atoms with Crippen LogP contribution in [0.5, 0.6) is 0 Å². The Morgan fingerprint density at radius 1 is 1.08 bits per heavy atom. The molecule has 2 rings (SSSR count). The molecule has 0 spiro atoms. The number of esters is 1. The second kappa shape index (κ2) is 8.96. The maximum atomic E-state index is 12.5. The molecule has 1 aromatic heterocycles. The Labute approximate surface area is 161 Å². The molecule has 1 amide bonds. The number of amides is 1. The summed E-state index contributed by atoms with van der Waals surface area (Å²) in [6.45, 7) is 5.10. The van der Waals surface area contributed by atoms with Gasteiger partial charge < -0.3 is 10.1 Å². The van der Waals surface area contributed by atoms with Crippen molar-refractivity contribution >= 4 is 40.6 Å². The first kappa shape index (κ1) is 20.1. The van der Waals surface area contributed by atoms with E-state index in [9.17, 15) is 14.4 Å². The van der Waals surface area contributed by atoms with Crippen LogP contribution in [-0.4, -0.2) is 29.8 Å². The molecule has 1 N–H and O–H groups in total. The Morgan fingerprint density at radius 2 is 1.73 bits per heavy atom. The summed E-state index contributed by atoms with van der Waals surface area (Å²) in [5.74, 6) is -1.50. The van der Waals surface area contributed by atoms with Crippen LogP contribution in [0.25, 0.3) is 0 Å². The Kier molecular flexibility index (Phi) is 6.94. The number of nitrogens with one attached hydrogen (secondary N) is 1. The highest BCUT2D eigenvalue weighted by Crippen LogP contribution is 2.15. The van der Waals surface area contributed by atoms with Crippen LogP contribution in [-0.2, 0) is 9.53 Å². The number of benzene rings is 1. The molecule has 26 heavy (non-hydrogen) atoms. The van der Waals surface area contributed by atoms with Crippen molar-refractivity contribution in [2.24, 2.45) is 5.92 Å². The van der Waals surface area contributed by atoms with Crippen molar-refractivity contribution < 1.29 is 19.1 Å². The van der Waals surface area contributed by atoms with Crippen LogP contribution in [0.15, 0.2) is 41.8 Å². The van der Waals surface area contributed by atoms with Gasteiger partial charge in [-0.15, -0.1) is 11.3 Å². The molecule has 0 radical (unpaired) electrons. The van der Waals surface area contributed by atoms with E-state index in [-0.39, 0.29) is 17.6 Å². The number of ether oxygens (including phenoxy) is 1. The van der Waals surface area contributed by atoms with Gasteiger partial charge in [0.05, 0.1) is 4.88 Å². The van der Waals surface area contributed by atoms with Crippen LogP contribution in [0.2, 0.25) is 5.02 Å². The number of ketones is 1. The minimum Gasteiger partial charge on any atom is -0.453 e. The molecule has 1 aromatic carbocycles. The van der Waals surface area contributed by atoms with Crippen molar-refractivity contribution in [1.29, 1.82) is 0 Å². The van der Waals surface area contributed by atoms with Crippen molar-refractivity contribution in [2.75, 3.05) is 0 Å². The van der Waals surface area contributed by atoms with E-state index >= 15 is 0 Å². The Morgan fingerprint density at radius 3 is 2.27 bits per heavy atom. The molecular formula is C19H20ClNO4S. The van der Waals surface area contributed by atoms with Gasteiger partial charge in [-0.05, 0) is 48.6 Å². The van der Waals surface area contributed by atoms with Crippen molar-refractivity contribution in [3.8, 4) is 0 Å². The number of thiophene rings is 1. The zero-order chi connectivity index (χ0) is 19.3. The summed E-state index contributed by atoms with van der Waals surface area (Å²) in [4.78, 5) is 37.6. The fourth-order valence-electron chi connectivity index (χ4n) is 2.27. The molecule has 2 unspecified atom stereocenters. The fourth-order valence-corrected chi connectivity index (χ4v) is 3.02. The standard InChI is InChI=1S/C19H20ClNO4S/c1-11(2)16(21-18(23)15-5-4-10-26-15)19(24)25-12(3)17(22)13-6-8-14(20)9-7-13/h4-12,16H,1-3H3,(H,21,23). The minimum absolute atomic E-state index is 0.191. The number of carbonyl (C=O) groups excluding carboxylic acids is 3. The topological polar surface area (TPSA) is 72.5 Å². The third-order valence-electron chi connectivity index (χ3n) is 3.74. The average molecular weight is 394 g/mol. The summed E-state index contributed by atoms with van der Waals surface area (Å²) in [6, 6.07) is 8.94. The highest BCUT2D eigenvalue weighted by Gasteiger charge is 2.29. The van der Waals surface area contributed by atoms with E-state index < -0.39 is 18.1 Å². The predicted molar refractivity (Wildman–Crippen MR) is 102 cm³/mol. The molecular weight excluding hydrogens is 374 g/mol. The summed E-state index contributed by atoms with van der Waals surface area (Å²) in [6.07, 6.45) is -0.969. The molecule has 138 valence electrons. The lowest BCUT2D eigenvalue weighted by Crippen LogP contribution is -2.46. The van der Waals surface area contributed by atoms with Gasteiger partial charge in [0, 0.05) is 10.6 Å². The van der Waals surface area contributed by atoms with Gasteiger partial charge in [0.25, 0.3) is 5.91 Å². The number of hydrogen-bond acceptors (Lipinski definition) is 5. The molecule has 1 heterocycles. The minimum atomic E-state index is -0.969. The lowest BCUT2D eigenvalue weighted by Gasteiger charge is -2.22. The largest absolute Gasteiger partial charge is 0.453 e. The quantitative estimate of drug-likeness (QED) is 0.570. The lowest BCUT2D eigenvalue weighted by molar-refractivity contribution is -0.149. The van der Waals surface area contributed by atoms with Crippen LogP contribution < -0.4 is 5.32 Å². The molecule has 5 nitrogen and oxygen atoms in total. The normalized spacial score (nSPS) is 13.1. The molecule has 0 saturated heterocycles. The van der Waals surface area contributed by atoms with Crippen molar-refractivity contribution in [3.63, 3.8) is 0 Å². The monoisotopic (exact) mass is 393 g/mol. The third kappa shape index (κ3) is 5.16. The Balaban J connectivity index is 2.03. The Hall–Kier alpha value is -2.18. The fraction of sp³-hybridized carbons (Fsp3) is 0.316. The van der Waals surface area contributed by atoms with Gasteiger partial charge in [0.15, 0.2) is 6.10 Å². The van der Waals surface area contributed by atoms with E-state index in [1.807, 2.05) is 0 Å². The number of hydrogen-bond donors (Lipinski definition) is 1. The van der Waals surface area contributed by atoms with Crippen LogP contribution in [0, 0.1) is 5.92 Å². The van der Waals surface area contributed by atoms with Gasteiger partial charge in [-0.1, -0.05) is 31.5 Å². The van der Waals surface area contributed by atoms with Crippen LogP contribution in [0.1, 0.15) is 40.8 Å². The van der Waals surface area contributed by atoms with E-state index in [1.165, 1.54) is 18.3 Å². The van der Waals surface area contributed by atoms with Crippen molar-refractivity contribution in [1.82, 2.24) is 5.32 Å². The van der Waals surface area contributed by atoms with Gasteiger partial charge in [-0.25, -0.2) is 4.79 Å². The number of halogens is 1. The highest BCUT2D eigenvalue weighted by molar-refractivity contribution is 7.12. The molecule has 0 aliphatic rings. The smallest absolute Gasteiger partial charge is 0.329 e. The molecule has 7 heteroatoms. The Bertz CT molecular complexity index is 771. The van der Waals surface area contributed by atoms with Crippen LogP contribution >= 0.6 is 22.9 Å². The van der Waals surface area contributed by atoms with E-state index in [1.54, 1.807) is 55.6 Å². The first-order chi connectivity index (χ1) is 12.3. The molecule has 0 fully saturated rings. The molecule has 0 aliphatic heterocycles. The van der Waals surface area contributed by atoms with E-state index in [4.69, 9.17) is 16.3 Å². The van der Waals surface area contributed by atoms with E-state index in [0.717, 1.165) is 0 Å². The first-order valence-corrected chi connectivity index (χ1v) is 9.40. The number of Topliss-reactive ketones (excluding diaryl/α,β-unsaturated/α-hetero) is 1. The van der Waals surface area contributed by atoms with E-state index in [2.05, 4.69) is 5.32 Å². The summed E-state index contributed by atoms with van der Waals surface area (Å²) < 4.78 is 5.31. The highest BCUT2D eigenvalue weighted by atomic mass is 35.5. The average Bonchev–Trinajstić information content (AvgIpc) is 3.13. The molecule has 0 aliphatic carbocycles. The third-order valence-corrected chi connectivity index (χ3v) is 4.86. The molecule has 0 saturated carbocycles. The number of rotatable bonds is 7. The van der Waals surface area contributed by atoms with Crippen LogP contribution in [0.4, 0.5) is 0 Å². The lowest BCUT2D eigenvalue weighted by atomic mass is 10.0. The molecule has 2 aromatic rings. The van der Waals surface area contributed by atoms with Gasteiger partial charge in [0.2, 0.25) is 5.78 Å². The summed E-state index contributed by atoms with van der Waals surface area (Å²) in [5, 5.41) is 4.98. The molecule has 0 bridgehead atoms. The van der Waals surface area contributed by atoms with Gasteiger partial charge in [-0.2, -0.15) is 0 Å². The number of carbonyl (C=O) groups is 3. The maximum Gasteiger partial charge on any atom is 0.329 e. The maximum absolute atomic E-state index is 12.5. The first-order valence-electron chi connectivity index (χ1n) is 8.14. The second-order valence-corrected chi connectivity index (χ2v) is 7.51. The second-order valence-electron chi connectivity index (χ2n) is 6.12. The van der Waals surface area contributed by atoms with Crippen LogP contribution in [0.3, 0.4) is 0 Å². The summed E-state index contributed by atoms with van der Waals surface area (Å²) in [5.41, 5.74) is 0.401. The van der Waals surface area contributed by atoms with Gasteiger partial charge in [-0.3, -0.25) is 9.59 Å². The van der Waals surface area contributed by atoms with Crippen molar-refractivity contribution in [3.05, 3.63) is 57.2 Å². The van der Waals surface area contributed by atoms with E-state index in [0.29, 0.717) is 15.5 Å². The summed E-state index contributed by atoms with van der Waals surface area (Å²) >= 11 is 7.10.